The number of hydrogen-bond donors (Lipinski definition) is 3. The molecule has 0 unspecified atom stereocenters. The number of hydrogen-bond acceptors (Lipinski definition) is 3. The summed E-state index contributed by atoms with van der Waals surface area (Å²) in [6.45, 7) is 1.46. The second-order valence-electron chi connectivity index (χ2n) is 3.35. The Morgan fingerprint density at radius 3 is 2.53 bits per heavy atom. The molecule has 0 aliphatic carbocycles. The molecule has 1 rings (SSSR count). The number of para-hydroxylation sites is 1. The summed E-state index contributed by atoms with van der Waals surface area (Å²) in [5, 5.41) is 11.7. The summed E-state index contributed by atoms with van der Waals surface area (Å²) in [6.07, 6.45) is 0. The first-order chi connectivity index (χ1) is 8.00. The van der Waals surface area contributed by atoms with E-state index in [2.05, 4.69) is 10.6 Å². The molecule has 17 heavy (non-hydrogen) atoms. The van der Waals surface area contributed by atoms with Gasteiger partial charge in [-0.15, -0.1) is 11.6 Å². The Labute approximate surface area is 110 Å². The highest BCUT2D eigenvalue weighted by molar-refractivity contribution is 7.80. The van der Waals surface area contributed by atoms with Crippen molar-refractivity contribution in [2.75, 3.05) is 5.32 Å². The Kier molecular flexibility index (Phi) is 5.06. The summed E-state index contributed by atoms with van der Waals surface area (Å²) in [6, 6.07) is 9.20. The maximum Gasteiger partial charge on any atom is 0.249 e. The van der Waals surface area contributed by atoms with Crippen molar-refractivity contribution in [3.63, 3.8) is 0 Å². The Morgan fingerprint density at radius 1 is 1.41 bits per heavy atom. The van der Waals surface area contributed by atoms with Crippen LogP contribution in [-0.2, 0) is 4.79 Å². The van der Waals surface area contributed by atoms with E-state index in [4.69, 9.17) is 29.2 Å². The minimum Gasteiger partial charge on any atom is -0.332 e. The van der Waals surface area contributed by atoms with Gasteiger partial charge in [0.15, 0.2) is 5.11 Å². The topological polar surface area (TPSA) is 65.0 Å². The number of benzene rings is 1. The largest absolute Gasteiger partial charge is 0.332 e. The lowest BCUT2D eigenvalue weighted by Crippen LogP contribution is -2.41. The van der Waals surface area contributed by atoms with Gasteiger partial charge >= 0.3 is 0 Å². The third-order valence-electron chi connectivity index (χ3n) is 1.88. The molecule has 0 aliphatic heterocycles. The molecular formula is C11H12ClN3OS. The number of anilines is 1. The smallest absolute Gasteiger partial charge is 0.249 e. The molecular weight excluding hydrogens is 258 g/mol. The zero-order valence-corrected chi connectivity index (χ0v) is 10.7. The molecule has 1 atom stereocenters. The van der Waals surface area contributed by atoms with Crippen LogP contribution in [0.3, 0.4) is 0 Å². The molecule has 0 spiro atoms. The molecule has 0 aliphatic rings. The van der Waals surface area contributed by atoms with E-state index in [9.17, 15) is 4.79 Å². The minimum atomic E-state index is -0.995. The number of thiocarbonyl (C=S) groups is 1. The molecule has 0 heterocycles. The molecule has 4 nitrogen and oxygen atoms in total. The second kappa shape index (κ2) is 6.32. The van der Waals surface area contributed by atoms with Gasteiger partial charge in [0.2, 0.25) is 5.91 Å². The number of carbonyl (C=O) groups excluding carboxylic acids is 1. The lowest BCUT2D eigenvalue weighted by molar-refractivity contribution is -0.118. The Morgan fingerprint density at radius 2 is 2.00 bits per heavy atom. The van der Waals surface area contributed by atoms with Crippen LogP contribution in [0.5, 0.6) is 0 Å². The quantitative estimate of drug-likeness (QED) is 0.448. The molecule has 0 bridgehead atoms. The van der Waals surface area contributed by atoms with Gasteiger partial charge in [-0.25, -0.2) is 0 Å². The molecule has 90 valence electrons. The fraction of sp³-hybridized carbons (Fsp3) is 0.182. The Bertz CT molecular complexity index is 436. The fourth-order valence-electron chi connectivity index (χ4n) is 1.06. The average Bonchev–Trinajstić information content (AvgIpc) is 2.28. The molecule has 0 saturated heterocycles. The normalized spacial score (nSPS) is 11.4. The Balaban J connectivity index is 2.51. The summed E-state index contributed by atoms with van der Waals surface area (Å²) in [5.41, 5.74) is 0.849. The van der Waals surface area contributed by atoms with Crippen molar-refractivity contribution in [3.8, 4) is 0 Å². The van der Waals surface area contributed by atoms with E-state index in [0.29, 0.717) is 0 Å². The zero-order chi connectivity index (χ0) is 12.8. The third-order valence-corrected chi connectivity index (χ3v) is 2.61. The van der Waals surface area contributed by atoms with E-state index < -0.39 is 11.3 Å². The maximum absolute atomic E-state index is 11.5. The van der Waals surface area contributed by atoms with Gasteiger partial charge in [0.05, 0.1) is 0 Å². The van der Waals surface area contributed by atoms with Crippen LogP contribution < -0.4 is 10.6 Å². The molecule has 6 heteroatoms. The molecule has 1 aromatic carbocycles. The lowest BCUT2D eigenvalue weighted by atomic mass is 10.3. The van der Waals surface area contributed by atoms with Gasteiger partial charge in [0, 0.05) is 11.4 Å². The van der Waals surface area contributed by atoms with Crippen molar-refractivity contribution in [3.05, 3.63) is 30.3 Å². The van der Waals surface area contributed by atoms with Gasteiger partial charge in [-0.2, -0.15) is 0 Å². The van der Waals surface area contributed by atoms with E-state index in [1.165, 1.54) is 6.92 Å². The zero-order valence-electron chi connectivity index (χ0n) is 9.16. The van der Waals surface area contributed by atoms with Crippen molar-refractivity contribution < 1.29 is 4.79 Å². The van der Waals surface area contributed by atoms with Gasteiger partial charge in [0.1, 0.15) is 5.38 Å². The average molecular weight is 270 g/mol. The summed E-state index contributed by atoms with van der Waals surface area (Å²) in [7, 11) is 0. The first-order valence-corrected chi connectivity index (χ1v) is 5.71. The van der Waals surface area contributed by atoms with Crippen LogP contribution in [0.2, 0.25) is 0 Å². The number of halogens is 1. The van der Waals surface area contributed by atoms with E-state index in [-0.39, 0.29) is 10.8 Å². The molecule has 0 saturated carbocycles. The number of nitrogens with one attached hydrogen (secondary N) is 3. The second-order valence-corrected chi connectivity index (χ2v) is 4.20. The van der Waals surface area contributed by atoms with Crippen molar-refractivity contribution >= 4 is 46.2 Å². The minimum absolute atomic E-state index is 0.0756. The highest BCUT2D eigenvalue weighted by atomic mass is 35.5. The van der Waals surface area contributed by atoms with Crippen LogP contribution in [0, 0.1) is 5.41 Å². The van der Waals surface area contributed by atoms with E-state index in [0.717, 1.165) is 5.69 Å². The predicted molar refractivity (Wildman–Crippen MR) is 73.8 cm³/mol. The van der Waals surface area contributed by atoms with E-state index >= 15 is 0 Å². The van der Waals surface area contributed by atoms with Gasteiger partial charge in [-0.1, -0.05) is 18.2 Å². The lowest BCUT2D eigenvalue weighted by Gasteiger charge is -2.11. The monoisotopic (exact) mass is 269 g/mol. The van der Waals surface area contributed by atoms with Crippen molar-refractivity contribution in [2.24, 2.45) is 0 Å². The first kappa shape index (κ1) is 13.6. The molecule has 0 fully saturated rings. The number of rotatable bonds is 3. The summed E-state index contributed by atoms with van der Waals surface area (Å²) in [5.74, 6) is -0.507. The number of carbonyl (C=O) groups is 1. The van der Waals surface area contributed by atoms with Crippen LogP contribution in [0.4, 0.5) is 5.69 Å². The molecule has 0 aromatic heterocycles. The van der Waals surface area contributed by atoms with Crippen LogP contribution in [-0.4, -0.2) is 22.1 Å². The maximum atomic E-state index is 11.5. The van der Waals surface area contributed by atoms with Gasteiger partial charge in [-0.3, -0.25) is 4.79 Å². The SMILES string of the molecule is CC(=N)[C@H](Cl)C(=O)NC(=S)Nc1ccccc1. The van der Waals surface area contributed by atoms with Crippen molar-refractivity contribution in [1.82, 2.24) is 5.32 Å². The van der Waals surface area contributed by atoms with Gasteiger partial charge in [-0.05, 0) is 31.3 Å². The fourth-order valence-corrected chi connectivity index (χ4v) is 1.33. The van der Waals surface area contributed by atoms with Gasteiger partial charge in [0.25, 0.3) is 0 Å². The molecule has 1 amide bonds. The number of alkyl halides is 1. The van der Waals surface area contributed by atoms with Crippen molar-refractivity contribution in [1.29, 1.82) is 5.41 Å². The molecule has 3 N–H and O–H groups in total. The van der Waals surface area contributed by atoms with E-state index in [1.54, 1.807) is 0 Å². The van der Waals surface area contributed by atoms with Crippen LogP contribution in [0.1, 0.15) is 6.92 Å². The van der Waals surface area contributed by atoms with E-state index in [1.807, 2.05) is 30.3 Å². The summed E-state index contributed by atoms with van der Waals surface area (Å²) in [4.78, 5) is 11.5. The molecule has 0 radical (unpaired) electrons. The van der Waals surface area contributed by atoms with Crippen molar-refractivity contribution in [2.45, 2.75) is 12.3 Å². The highest BCUT2D eigenvalue weighted by Gasteiger charge is 2.18. The van der Waals surface area contributed by atoms with Gasteiger partial charge < -0.3 is 16.0 Å². The Hall–Kier alpha value is -1.46. The third kappa shape index (κ3) is 4.50. The predicted octanol–water partition coefficient (Wildman–Crippen LogP) is 2.15. The first-order valence-electron chi connectivity index (χ1n) is 4.86. The highest BCUT2D eigenvalue weighted by Crippen LogP contribution is 2.04. The molecule has 1 aromatic rings. The van der Waals surface area contributed by atoms with Crippen LogP contribution in [0.25, 0.3) is 0 Å². The summed E-state index contributed by atoms with van der Waals surface area (Å²) >= 11 is 10.6. The summed E-state index contributed by atoms with van der Waals surface area (Å²) < 4.78 is 0. The number of amides is 1. The van der Waals surface area contributed by atoms with Crippen LogP contribution in [0.15, 0.2) is 30.3 Å². The standard InChI is InChI=1S/C11H12ClN3OS/c1-7(13)9(12)10(16)15-11(17)14-8-5-3-2-4-6-8/h2-6,9,13H,1H3,(H2,14,15,16,17)/t9-/m0/s1. The van der Waals surface area contributed by atoms with Crippen LogP contribution >= 0.6 is 23.8 Å².